The van der Waals surface area contributed by atoms with Crippen LogP contribution in [0, 0.1) is 6.92 Å². The third kappa shape index (κ3) is 1.74. The van der Waals surface area contributed by atoms with Gasteiger partial charge in [-0.15, -0.1) is 0 Å². The third-order valence-corrected chi connectivity index (χ3v) is 3.43. The van der Waals surface area contributed by atoms with Gasteiger partial charge < -0.3 is 0 Å². The van der Waals surface area contributed by atoms with Crippen molar-refractivity contribution in [3.8, 4) is 11.1 Å². The summed E-state index contributed by atoms with van der Waals surface area (Å²) < 4.78 is 1.25. The topological polar surface area (TPSA) is 0 Å². The van der Waals surface area contributed by atoms with Crippen molar-refractivity contribution >= 4 is 20.5 Å². The molecule has 14 heavy (non-hydrogen) atoms. The van der Waals surface area contributed by atoms with E-state index >= 15 is 0 Å². The van der Waals surface area contributed by atoms with Gasteiger partial charge in [0.05, 0.1) is 0 Å². The summed E-state index contributed by atoms with van der Waals surface area (Å²) in [5, 5.41) is 0. The predicted octanol–water partition coefficient (Wildman–Crippen LogP) is 2.46. The van der Waals surface area contributed by atoms with E-state index in [4.69, 9.17) is 0 Å². The van der Waals surface area contributed by atoms with Gasteiger partial charge in [0.2, 0.25) is 0 Å². The Labute approximate surface area is 92.8 Å². The maximum absolute atomic E-state index is 3.14. The fraction of sp³-hybridized carbons (Fsp3) is 0.0769. The Balaban J connectivity index is 2.58. The molecule has 1 heteroatoms. The summed E-state index contributed by atoms with van der Waals surface area (Å²) in [5.74, 6) is 0. The number of hydrogen-bond donors (Lipinski definition) is 0. The summed E-state index contributed by atoms with van der Waals surface area (Å²) >= 11 is 3.14. The normalized spacial score (nSPS) is 10.1. The van der Waals surface area contributed by atoms with Crippen molar-refractivity contribution in [2.75, 3.05) is 0 Å². The van der Waals surface area contributed by atoms with Gasteiger partial charge in [-0.3, -0.25) is 0 Å². The summed E-state index contributed by atoms with van der Waals surface area (Å²) in [6.07, 6.45) is 0. The molecule has 0 fully saturated rings. The van der Waals surface area contributed by atoms with Crippen molar-refractivity contribution in [1.29, 1.82) is 0 Å². The second kappa shape index (κ2) is 4.00. The van der Waals surface area contributed by atoms with Gasteiger partial charge in [-0.1, -0.05) is 0 Å². The number of hydrogen-bond acceptors (Lipinski definition) is 0. The van der Waals surface area contributed by atoms with E-state index in [2.05, 4.69) is 65.4 Å². The maximum atomic E-state index is 3.14. The Hall–Kier alpha value is -1.04. The number of aryl methyl sites for hydroxylation is 1. The van der Waals surface area contributed by atoms with Crippen LogP contribution >= 0.6 is 0 Å². The summed E-state index contributed by atoms with van der Waals surface area (Å²) in [6, 6.07) is 16.8. The van der Waals surface area contributed by atoms with Crippen LogP contribution in [0.3, 0.4) is 0 Å². The molecule has 0 spiro atoms. The molecular formula is C13H11Se. The van der Waals surface area contributed by atoms with E-state index < -0.39 is 0 Å². The number of benzene rings is 2. The van der Waals surface area contributed by atoms with E-state index in [0.717, 1.165) is 0 Å². The van der Waals surface area contributed by atoms with E-state index in [-0.39, 0.29) is 0 Å². The van der Waals surface area contributed by atoms with Crippen molar-refractivity contribution in [2.45, 2.75) is 6.92 Å². The molecule has 0 nitrogen and oxygen atoms in total. The summed E-state index contributed by atoms with van der Waals surface area (Å²) in [5.41, 5.74) is 3.85. The van der Waals surface area contributed by atoms with Gasteiger partial charge in [-0.25, -0.2) is 0 Å². The zero-order valence-electron chi connectivity index (χ0n) is 8.03. The van der Waals surface area contributed by atoms with Crippen LogP contribution in [0.4, 0.5) is 0 Å². The second-order valence-corrected chi connectivity index (χ2v) is 4.17. The molecule has 0 saturated heterocycles. The first-order chi connectivity index (χ1) is 6.79. The van der Waals surface area contributed by atoms with Crippen molar-refractivity contribution < 1.29 is 0 Å². The molecule has 0 bridgehead atoms. The number of rotatable bonds is 1. The first-order valence-corrected chi connectivity index (χ1v) is 5.47. The fourth-order valence-corrected chi connectivity index (χ4v) is 2.03. The van der Waals surface area contributed by atoms with Crippen LogP contribution in [-0.2, 0) is 0 Å². The predicted molar refractivity (Wildman–Crippen MR) is 62.0 cm³/mol. The van der Waals surface area contributed by atoms with Crippen molar-refractivity contribution in [1.82, 2.24) is 0 Å². The van der Waals surface area contributed by atoms with Crippen LogP contribution < -0.4 is 4.46 Å². The van der Waals surface area contributed by atoms with Crippen molar-refractivity contribution in [3.05, 3.63) is 54.1 Å². The van der Waals surface area contributed by atoms with Crippen LogP contribution in [0.5, 0.6) is 0 Å². The van der Waals surface area contributed by atoms with Gasteiger partial charge in [0.1, 0.15) is 0 Å². The molecule has 0 heterocycles. The second-order valence-electron chi connectivity index (χ2n) is 3.32. The van der Waals surface area contributed by atoms with Gasteiger partial charge in [-0.05, 0) is 0 Å². The van der Waals surface area contributed by atoms with Gasteiger partial charge in [0, 0.05) is 0 Å². The molecule has 0 aliphatic rings. The van der Waals surface area contributed by atoms with E-state index in [1.807, 2.05) is 6.07 Å². The summed E-state index contributed by atoms with van der Waals surface area (Å²) in [7, 11) is 0. The molecule has 2 rings (SSSR count). The van der Waals surface area contributed by atoms with Crippen LogP contribution in [-0.4, -0.2) is 16.0 Å². The monoisotopic (exact) mass is 247 g/mol. The first-order valence-electron chi connectivity index (χ1n) is 4.61. The van der Waals surface area contributed by atoms with E-state index in [0.29, 0.717) is 0 Å². The van der Waals surface area contributed by atoms with Gasteiger partial charge in [-0.2, -0.15) is 0 Å². The molecule has 0 unspecified atom stereocenters. The molecule has 0 N–H and O–H groups in total. The van der Waals surface area contributed by atoms with Crippen LogP contribution in [0.2, 0.25) is 0 Å². The molecule has 0 aromatic heterocycles. The van der Waals surface area contributed by atoms with E-state index in [1.54, 1.807) is 0 Å². The molecule has 0 aliphatic heterocycles. The molecule has 0 atom stereocenters. The SMILES string of the molecule is Cc1cccc(-c2ccccc2)c1[Se]. The van der Waals surface area contributed by atoms with Gasteiger partial charge >= 0.3 is 92.6 Å². The molecule has 1 radical (unpaired) electrons. The zero-order valence-corrected chi connectivity index (χ0v) is 9.74. The van der Waals surface area contributed by atoms with Crippen LogP contribution in [0.15, 0.2) is 48.5 Å². The molecule has 0 amide bonds. The van der Waals surface area contributed by atoms with Gasteiger partial charge in [0.15, 0.2) is 0 Å². The minimum atomic E-state index is 1.25. The van der Waals surface area contributed by atoms with Crippen molar-refractivity contribution in [2.24, 2.45) is 0 Å². The summed E-state index contributed by atoms with van der Waals surface area (Å²) in [4.78, 5) is 0. The standard InChI is InChI=1S/C13H11Se/c1-10-6-5-9-12(13(10)14)11-7-3-2-4-8-11/h2-9H,1H3. The molecule has 0 aliphatic carbocycles. The average molecular weight is 246 g/mol. The average Bonchev–Trinajstić information content (AvgIpc) is 2.23. The Bertz CT molecular complexity index is 432. The van der Waals surface area contributed by atoms with Crippen LogP contribution in [0.1, 0.15) is 5.56 Å². The van der Waals surface area contributed by atoms with E-state index in [9.17, 15) is 0 Å². The Kier molecular flexibility index (Phi) is 2.72. The fourth-order valence-electron chi connectivity index (χ4n) is 1.50. The molecule has 2 aromatic rings. The molecule has 0 saturated carbocycles. The first kappa shape index (κ1) is 9.51. The van der Waals surface area contributed by atoms with Gasteiger partial charge in [0.25, 0.3) is 0 Å². The van der Waals surface area contributed by atoms with Crippen molar-refractivity contribution in [3.63, 3.8) is 0 Å². The zero-order chi connectivity index (χ0) is 9.97. The Morgan fingerprint density at radius 1 is 0.857 bits per heavy atom. The van der Waals surface area contributed by atoms with Crippen LogP contribution in [0.25, 0.3) is 11.1 Å². The Morgan fingerprint density at radius 3 is 2.29 bits per heavy atom. The minimum absolute atomic E-state index is 1.25. The molecule has 2 aromatic carbocycles. The summed E-state index contributed by atoms with van der Waals surface area (Å²) in [6.45, 7) is 2.12. The third-order valence-electron chi connectivity index (χ3n) is 2.30. The molecule has 69 valence electrons. The quantitative estimate of drug-likeness (QED) is 0.678. The molecular weight excluding hydrogens is 235 g/mol. The van der Waals surface area contributed by atoms with E-state index in [1.165, 1.54) is 21.2 Å². The Morgan fingerprint density at radius 2 is 1.57 bits per heavy atom.